The number of amides is 1. The lowest BCUT2D eigenvalue weighted by molar-refractivity contribution is -0.135. The van der Waals surface area contributed by atoms with E-state index in [1.165, 1.54) is 0 Å². The van der Waals surface area contributed by atoms with Crippen LogP contribution >= 0.6 is 11.6 Å². The first kappa shape index (κ1) is 23.2. The van der Waals surface area contributed by atoms with Gasteiger partial charge in [0.15, 0.2) is 6.61 Å². The average molecular weight is 449 g/mol. The van der Waals surface area contributed by atoms with Crippen molar-refractivity contribution in [1.82, 2.24) is 9.88 Å². The fraction of sp³-hybridized carbons (Fsp3) is 0.478. The fourth-order valence-corrected chi connectivity index (χ4v) is 3.81. The molecular weight excluding hydrogens is 420 g/mol. The summed E-state index contributed by atoms with van der Waals surface area (Å²) in [5.41, 5.74) is 2.96. The molecule has 0 unspecified atom stereocenters. The number of nitrogens with one attached hydrogen (secondary N) is 1. The molecule has 1 aliphatic heterocycles. The van der Waals surface area contributed by atoms with Crippen molar-refractivity contribution < 1.29 is 23.8 Å². The Morgan fingerprint density at radius 2 is 2.00 bits per heavy atom. The van der Waals surface area contributed by atoms with Crippen molar-refractivity contribution in [2.75, 3.05) is 26.4 Å². The molecule has 0 saturated carbocycles. The summed E-state index contributed by atoms with van der Waals surface area (Å²) in [6.07, 6.45) is 1.91. The molecule has 0 aliphatic carbocycles. The quantitative estimate of drug-likeness (QED) is 0.585. The molecule has 0 spiro atoms. The van der Waals surface area contributed by atoms with Gasteiger partial charge in [-0.1, -0.05) is 11.6 Å². The highest BCUT2D eigenvalue weighted by Crippen LogP contribution is 2.23. The minimum absolute atomic E-state index is 0.00330. The molecule has 1 aliphatic rings. The summed E-state index contributed by atoms with van der Waals surface area (Å²) in [7, 11) is 0. The molecule has 2 aromatic rings. The number of aromatic amines is 1. The average Bonchev–Trinajstić information content (AvgIpc) is 3.36. The maximum absolute atomic E-state index is 13.1. The Labute approximate surface area is 187 Å². The van der Waals surface area contributed by atoms with E-state index in [2.05, 4.69) is 4.98 Å². The highest BCUT2D eigenvalue weighted by molar-refractivity contribution is 6.30. The molecule has 1 amide bonds. The molecule has 31 heavy (non-hydrogen) atoms. The lowest BCUT2D eigenvalue weighted by Gasteiger charge is -2.26. The van der Waals surface area contributed by atoms with Crippen molar-refractivity contribution in [1.29, 1.82) is 0 Å². The number of hydrogen-bond acceptors (Lipinski definition) is 5. The predicted octanol–water partition coefficient (Wildman–Crippen LogP) is 4.05. The number of ether oxygens (including phenoxy) is 3. The Morgan fingerprint density at radius 1 is 1.26 bits per heavy atom. The highest BCUT2D eigenvalue weighted by Gasteiger charge is 2.26. The largest absolute Gasteiger partial charge is 0.484 e. The van der Waals surface area contributed by atoms with Gasteiger partial charge < -0.3 is 24.1 Å². The molecule has 1 fully saturated rings. The van der Waals surface area contributed by atoms with E-state index in [9.17, 15) is 9.59 Å². The second-order valence-electron chi connectivity index (χ2n) is 7.60. The molecule has 1 aromatic heterocycles. The van der Waals surface area contributed by atoms with Crippen molar-refractivity contribution in [3.63, 3.8) is 0 Å². The lowest BCUT2D eigenvalue weighted by atomic mass is 10.1. The molecule has 3 rings (SSSR count). The van der Waals surface area contributed by atoms with Crippen LogP contribution in [0.1, 0.15) is 47.1 Å². The zero-order chi connectivity index (χ0) is 22.4. The molecule has 1 atom stereocenters. The molecule has 0 bridgehead atoms. The van der Waals surface area contributed by atoms with Gasteiger partial charge in [-0.2, -0.15) is 0 Å². The van der Waals surface area contributed by atoms with Crippen LogP contribution < -0.4 is 4.74 Å². The number of carbonyl (C=O) groups is 2. The van der Waals surface area contributed by atoms with Crippen LogP contribution in [-0.4, -0.2) is 54.2 Å². The summed E-state index contributed by atoms with van der Waals surface area (Å²) in [5, 5.41) is 0.606. The van der Waals surface area contributed by atoms with Gasteiger partial charge in [0.1, 0.15) is 11.4 Å². The van der Waals surface area contributed by atoms with Gasteiger partial charge in [0.05, 0.1) is 12.7 Å². The summed E-state index contributed by atoms with van der Waals surface area (Å²) < 4.78 is 16.6. The van der Waals surface area contributed by atoms with Crippen LogP contribution in [0.2, 0.25) is 5.02 Å². The minimum Gasteiger partial charge on any atom is -0.484 e. The number of carbonyl (C=O) groups excluding carboxylic acids is 2. The van der Waals surface area contributed by atoms with E-state index in [4.69, 9.17) is 25.8 Å². The first-order valence-electron chi connectivity index (χ1n) is 10.5. The van der Waals surface area contributed by atoms with Crippen molar-refractivity contribution in [2.45, 2.75) is 46.3 Å². The van der Waals surface area contributed by atoms with Crippen molar-refractivity contribution >= 4 is 23.5 Å². The monoisotopic (exact) mass is 448 g/mol. The zero-order valence-corrected chi connectivity index (χ0v) is 19.0. The second-order valence-corrected chi connectivity index (χ2v) is 8.04. The molecule has 1 N–H and O–H groups in total. The number of rotatable bonds is 9. The SMILES string of the molecule is CCOC(=O)c1[nH]c(C)c(CN(C[C@H]2CCCO2)C(=O)COc2ccc(Cl)cc2)c1C. The number of halogens is 1. The van der Waals surface area contributed by atoms with Gasteiger partial charge >= 0.3 is 5.97 Å². The third kappa shape index (κ3) is 6.02. The van der Waals surface area contributed by atoms with E-state index >= 15 is 0 Å². The topological polar surface area (TPSA) is 80.9 Å². The van der Waals surface area contributed by atoms with Crippen LogP contribution in [0.4, 0.5) is 0 Å². The minimum atomic E-state index is -0.391. The Bertz CT molecular complexity index is 903. The third-order valence-corrected chi connectivity index (χ3v) is 5.65. The number of esters is 1. The van der Waals surface area contributed by atoms with Crippen molar-refractivity contribution in [3.05, 3.63) is 51.8 Å². The van der Waals surface area contributed by atoms with Gasteiger partial charge in [-0.3, -0.25) is 4.79 Å². The maximum atomic E-state index is 13.1. The molecule has 1 saturated heterocycles. The maximum Gasteiger partial charge on any atom is 0.355 e. The predicted molar refractivity (Wildman–Crippen MR) is 118 cm³/mol. The van der Waals surface area contributed by atoms with Gasteiger partial charge in [0.2, 0.25) is 0 Å². The van der Waals surface area contributed by atoms with Crippen molar-refractivity contribution in [3.8, 4) is 5.75 Å². The van der Waals surface area contributed by atoms with E-state index in [1.54, 1.807) is 36.1 Å². The molecular formula is C23H29ClN2O5. The van der Waals surface area contributed by atoms with Crippen LogP contribution in [0, 0.1) is 13.8 Å². The van der Waals surface area contributed by atoms with Crippen LogP contribution in [0.15, 0.2) is 24.3 Å². The van der Waals surface area contributed by atoms with E-state index in [0.717, 1.165) is 29.7 Å². The number of aryl methyl sites for hydroxylation is 1. The Kier molecular flexibility index (Phi) is 7.98. The number of hydrogen-bond donors (Lipinski definition) is 1. The fourth-order valence-electron chi connectivity index (χ4n) is 3.68. The molecule has 168 valence electrons. The summed E-state index contributed by atoms with van der Waals surface area (Å²) in [6.45, 7) is 7.28. The van der Waals surface area contributed by atoms with Crippen LogP contribution in [0.5, 0.6) is 5.75 Å². The standard InChI is InChI=1S/C23H29ClN2O5/c1-4-29-23(28)22-15(2)20(16(3)25-22)13-26(12-19-6-5-11-30-19)21(27)14-31-18-9-7-17(24)8-10-18/h7-10,19,25H,4-6,11-14H2,1-3H3/t19-/m1/s1. The molecule has 8 heteroatoms. The Balaban J connectivity index is 1.74. The summed E-state index contributed by atoms with van der Waals surface area (Å²) in [4.78, 5) is 30.1. The third-order valence-electron chi connectivity index (χ3n) is 5.40. The number of nitrogens with zero attached hydrogens (tertiary/aromatic N) is 1. The summed E-state index contributed by atoms with van der Waals surface area (Å²) in [5.74, 6) is 0.0361. The van der Waals surface area contributed by atoms with Crippen LogP contribution in [0.3, 0.4) is 0 Å². The van der Waals surface area contributed by atoms with E-state index in [0.29, 0.717) is 42.8 Å². The van der Waals surface area contributed by atoms with E-state index < -0.39 is 5.97 Å². The van der Waals surface area contributed by atoms with Gasteiger partial charge in [-0.25, -0.2) is 4.79 Å². The van der Waals surface area contributed by atoms with E-state index in [-0.39, 0.29) is 18.6 Å². The second kappa shape index (κ2) is 10.7. The van der Waals surface area contributed by atoms with Gasteiger partial charge in [-0.15, -0.1) is 0 Å². The van der Waals surface area contributed by atoms with Gasteiger partial charge in [0, 0.05) is 30.4 Å². The first-order valence-corrected chi connectivity index (χ1v) is 10.9. The van der Waals surface area contributed by atoms with Crippen molar-refractivity contribution in [2.24, 2.45) is 0 Å². The highest BCUT2D eigenvalue weighted by atomic mass is 35.5. The normalized spacial score (nSPS) is 15.7. The number of benzene rings is 1. The van der Waals surface area contributed by atoms with Crippen LogP contribution in [-0.2, 0) is 20.8 Å². The van der Waals surface area contributed by atoms with E-state index in [1.807, 2.05) is 13.8 Å². The summed E-state index contributed by atoms with van der Waals surface area (Å²) >= 11 is 5.90. The first-order chi connectivity index (χ1) is 14.9. The molecule has 1 aromatic carbocycles. The zero-order valence-electron chi connectivity index (χ0n) is 18.2. The lowest BCUT2D eigenvalue weighted by Crippen LogP contribution is -2.39. The molecule has 0 radical (unpaired) electrons. The molecule has 7 nitrogen and oxygen atoms in total. The van der Waals surface area contributed by atoms with Crippen LogP contribution in [0.25, 0.3) is 0 Å². The molecule has 2 heterocycles. The number of H-pyrrole nitrogens is 1. The Morgan fingerprint density at radius 3 is 2.65 bits per heavy atom. The smallest absolute Gasteiger partial charge is 0.355 e. The van der Waals surface area contributed by atoms with Gasteiger partial charge in [-0.05, 0) is 69.0 Å². The van der Waals surface area contributed by atoms with Gasteiger partial charge in [0.25, 0.3) is 5.91 Å². The summed E-state index contributed by atoms with van der Waals surface area (Å²) in [6, 6.07) is 6.89. The Hall–Kier alpha value is -2.51. The number of aromatic nitrogens is 1.